The molecule has 1 N–H and O–H groups in total. The number of hydrogen-bond donors (Lipinski definition) is 1. The lowest BCUT2D eigenvalue weighted by molar-refractivity contribution is -0.115. The molecule has 3 aliphatic rings. The Morgan fingerprint density at radius 1 is 1.41 bits per heavy atom. The molecule has 0 saturated carbocycles. The van der Waals surface area contributed by atoms with Crippen molar-refractivity contribution < 1.29 is 14.3 Å². The number of esters is 1. The van der Waals surface area contributed by atoms with Crippen molar-refractivity contribution in [3.8, 4) is 0 Å². The van der Waals surface area contributed by atoms with Gasteiger partial charge in [0.1, 0.15) is 6.61 Å². The maximum Gasteiger partial charge on any atom is 0.338 e. The van der Waals surface area contributed by atoms with Crippen LogP contribution in [0.25, 0.3) is 0 Å². The number of morpholine rings is 1. The number of carbonyl (C=O) groups is 1. The Balaban J connectivity index is 1.62. The van der Waals surface area contributed by atoms with E-state index in [0.29, 0.717) is 12.2 Å². The lowest BCUT2D eigenvalue weighted by atomic mass is 9.91. The molecule has 3 aliphatic heterocycles. The number of fused-ring (bicyclic) bond motifs is 2. The normalized spacial score (nSPS) is 31.5. The predicted octanol–water partition coefficient (Wildman–Crippen LogP) is 1.40. The van der Waals surface area contributed by atoms with Gasteiger partial charge in [-0.15, -0.1) is 0 Å². The van der Waals surface area contributed by atoms with E-state index in [0.717, 1.165) is 43.9 Å². The fourth-order valence-electron chi connectivity index (χ4n) is 3.84. The van der Waals surface area contributed by atoms with Crippen LogP contribution in [0.1, 0.15) is 40.1 Å². The molecule has 3 heterocycles. The molecule has 0 spiro atoms. The minimum absolute atomic E-state index is 0.0761. The number of hydrogen-bond acceptors (Lipinski definition) is 5. The highest BCUT2D eigenvalue weighted by Crippen LogP contribution is 2.35. The summed E-state index contributed by atoms with van der Waals surface area (Å²) in [6.45, 7) is 9.44. The summed E-state index contributed by atoms with van der Waals surface area (Å²) in [5, 5.41) is 3.45. The topological polar surface area (TPSA) is 50.8 Å². The highest BCUT2D eigenvalue weighted by atomic mass is 16.5. The molecule has 4 rings (SSSR count). The maximum atomic E-state index is 11.7. The molecule has 2 atom stereocenters. The second-order valence-corrected chi connectivity index (χ2v) is 6.80. The van der Waals surface area contributed by atoms with Gasteiger partial charge in [0.15, 0.2) is 0 Å². The summed E-state index contributed by atoms with van der Waals surface area (Å²) in [7, 11) is 0. The van der Waals surface area contributed by atoms with Crippen molar-refractivity contribution in [2.24, 2.45) is 0 Å². The molecule has 0 aliphatic carbocycles. The highest BCUT2D eigenvalue weighted by Gasteiger charge is 2.41. The summed E-state index contributed by atoms with van der Waals surface area (Å²) in [5.41, 5.74) is 4.17. The maximum absolute atomic E-state index is 11.7. The first kappa shape index (κ1) is 14.2. The van der Waals surface area contributed by atoms with Gasteiger partial charge in [0.05, 0.1) is 23.8 Å². The largest absolute Gasteiger partial charge is 0.457 e. The summed E-state index contributed by atoms with van der Waals surface area (Å²) in [6.07, 6.45) is 0.0761. The van der Waals surface area contributed by atoms with Crippen LogP contribution in [0.2, 0.25) is 0 Å². The zero-order chi connectivity index (χ0) is 15.3. The number of cyclic esters (lactones) is 1. The van der Waals surface area contributed by atoms with E-state index in [1.807, 2.05) is 12.1 Å². The van der Waals surface area contributed by atoms with Crippen LogP contribution in [0.4, 0.5) is 0 Å². The van der Waals surface area contributed by atoms with Crippen molar-refractivity contribution in [2.75, 3.05) is 32.8 Å². The molecule has 22 heavy (non-hydrogen) atoms. The minimum Gasteiger partial charge on any atom is -0.457 e. The number of piperazine rings is 1. The van der Waals surface area contributed by atoms with Gasteiger partial charge in [-0.05, 0) is 31.0 Å². The Hall–Kier alpha value is -1.43. The van der Waals surface area contributed by atoms with Crippen molar-refractivity contribution in [3.63, 3.8) is 0 Å². The highest BCUT2D eigenvalue weighted by molar-refractivity contribution is 5.93. The van der Waals surface area contributed by atoms with Gasteiger partial charge in [-0.2, -0.15) is 0 Å². The first-order valence-electron chi connectivity index (χ1n) is 7.95. The van der Waals surface area contributed by atoms with Crippen molar-refractivity contribution >= 4 is 5.97 Å². The number of ether oxygens (including phenoxy) is 2. The monoisotopic (exact) mass is 302 g/mol. The predicted molar refractivity (Wildman–Crippen MR) is 81.8 cm³/mol. The Morgan fingerprint density at radius 3 is 3.14 bits per heavy atom. The van der Waals surface area contributed by atoms with Crippen LogP contribution < -0.4 is 5.32 Å². The third-order valence-electron chi connectivity index (χ3n) is 5.36. The van der Waals surface area contributed by atoms with Crippen LogP contribution in [0.3, 0.4) is 0 Å². The molecular formula is C17H22N2O3. The molecule has 0 unspecified atom stereocenters. The van der Waals surface area contributed by atoms with E-state index in [1.54, 1.807) is 0 Å². The number of nitrogens with one attached hydrogen (secondary N) is 1. The minimum atomic E-state index is -0.205. The van der Waals surface area contributed by atoms with Crippen LogP contribution in [-0.4, -0.2) is 49.2 Å². The van der Waals surface area contributed by atoms with E-state index in [4.69, 9.17) is 9.47 Å². The average molecular weight is 302 g/mol. The van der Waals surface area contributed by atoms with E-state index in [-0.39, 0.29) is 17.6 Å². The van der Waals surface area contributed by atoms with Gasteiger partial charge in [0.2, 0.25) is 0 Å². The van der Waals surface area contributed by atoms with Gasteiger partial charge in [-0.3, -0.25) is 4.90 Å². The third kappa shape index (κ3) is 2.07. The fraction of sp³-hybridized carbons (Fsp3) is 0.588. The van der Waals surface area contributed by atoms with Crippen molar-refractivity contribution in [1.29, 1.82) is 0 Å². The van der Waals surface area contributed by atoms with Crippen molar-refractivity contribution in [2.45, 2.75) is 32.1 Å². The molecule has 0 bridgehead atoms. The zero-order valence-electron chi connectivity index (χ0n) is 13.1. The van der Waals surface area contributed by atoms with E-state index in [1.165, 1.54) is 5.56 Å². The standard InChI is InChI=1S/C17H22N2O3/c1-11-12(3-4-13-14(11)8-21-16(13)20)15-7-19-6-5-18-9-17(19,2)10-22-15/h3-4,15,18H,5-10H2,1-2H3/t15-,17-/m0/s1. The third-order valence-corrected chi connectivity index (χ3v) is 5.36. The van der Waals surface area contributed by atoms with Crippen molar-refractivity contribution in [3.05, 3.63) is 34.4 Å². The Morgan fingerprint density at radius 2 is 2.27 bits per heavy atom. The molecular weight excluding hydrogens is 280 g/mol. The van der Waals surface area contributed by atoms with E-state index in [2.05, 4.69) is 24.1 Å². The average Bonchev–Trinajstić information content (AvgIpc) is 2.89. The van der Waals surface area contributed by atoms with Crippen LogP contribution in [0.5, 0.6) is 0 Å². The summed E-state index contributed by atoms with van der Waals surface area (Å²) >= 11 is 0. The summed E-state index contributed by atoms with van der Waals surface area (Å²) in [4.78, 5) is 14.2. The molecule has 118 valence electrons. The summed E-state index contributed by atoms with van der Waals surface area (Å²) in [6, 6.07) is 3.93. The zero-order valence-corrected chi connectivity index (χ0v) is 13.1. The first-order valence-corrected chi connectivity index (χ1v) is 7.95. The summed E-state index contributed by atoms with van der Waals surface area (Å²) in [5.74, 6) is -0.205. The molecule has 2 fully saturated rings. The summed E-state index contributed by atoms with van der Waals surface area (Å²) < 4.78 is 11.3. The molecule has 0 aromatic heterocycles. The van der Waals surface area contributed by atoms with Crippen LogP contribution in [0.15, 0.2) is 12.1 Å². The molecule has 0 radical (unpaired) electrons. The second-order valence-electron chi connectivity index (χ2n) is 6.80. The van der Waals surface area contributed by atoms with Gasteiger partial charge in [-0.25, -0.2) is 4.79 Å². The van der Waals surface area contributed by atoms with Crippen LogP contribution in [0, 0.1) is 6.92 Å². The number of benzene rings is 1. The van der Waals surface area contributed by atoms with Gasteiger partial charge in [-0.1, -0.05) is 6.07 Å². The lowest BCUT2D eigenvalue weighted by Gasteiger charge is -2.50. The van der Waals surface area contributed by atoms with Gasteiger partial charge < -0.3 is 14.8 Å². The Labute approximate surface area is 130 Å². The quantitative estimate of drug-likeness (QED) is 0.795. The number of carbonyl (C=O) groups excluding carboxylic acids is 1. The van der Waals surface area contributed by atoms with E-state index >= 15 is 0 Å². The van der Waals surface area contributed by atoms with Crippen LogP contribution in [-0.2, 0) is 16.1 Å². The van der Waals surface area contributed by atoms with Gasteiger partial charge in [0, 0.05) is 31.7 Å². The van der Waals surface area contributed by atoms with E-state index in [9.17, 15) is 4.79 Å². The molecule has 1 aromatic rings. The van der Waals surface area contributed by atoms with E-state index < -0.39 is 0 Å². The molecule has 1 aromatic carbocycles. The smallest absolute Gasteiger partial charge is 0.338 e. The number of nitrogens with zero attached hydrogens (tertiary/aromatic N) is 1. The van der Waals surface area contributed by atoms with Crippen LogP contribution >= 0.6 is 0 Å². The lowest BCUT2D eigenvalue weighted by Crippen LogP contribution is -2.65. The Kier molecular flexibility index (Phi) is 3.25. The number of rotatable bonds is 1. The SMILES string of the molecule is Cc1c([C@@H]2CN3CCNC[C@@]3(C)CO2)ccc2c1COC2=O. The van der Waals surface area contributed by atoms with Gasteiger partial charge in [0.25, 0.3) is 0 Å². The first-order chi connectivity index (χ1) is 10.6. The molecule has 0 amide bonds. The second kappa shape index (κ2) is 5.05. The Bertz CT molecular complexity index is 631. The molecule has 5 nitrogen and oxygen atoms in total. The van der Waals surface area contributed by atoms with Crippen molar-refractivity contribution in [1.82, 2.24) is 10.2 Å². The molecule has 5 heteroatoms. The molecule has 2 saturated heterocycles. The van der Waals surface area contributed by atoms with Gasteiger partial charge >= 0.3 is 5.97 Å². The fourth-order valence-corrected chi connectivity index (χ4v) is 3.84.